The van der Waals surface area contributed by atoms with Crippen molar-refractivity contribution in [2.45, 2.75) is 50.9 Å². The van der Waals surface area contributed by atoms with Gasteiger partial charge in [0.15, 0.2) is 0 Å². The Morgan fingerprint density at radius 1 is 1.40 bits per heavy atom. The lowest BCUT2D eigenvalue weighted by Crippen LogP contribution is -2.60. The number of hydrogen-bond acceptors (Lipinski definition) is 4. The Morgan fingerprint density at radius 3 is 2.70 bits per heavy atom. The summed E-state index contributed by atoms with van der Waals surface area (Å²) in [5, 5.41) is 30.5. The van der Waals surface area contributed by atoms with Gasteiger partial charge in [-0.15, -0.1) is 0 Å². The average Bonchev–Trinajstić information content (AvgIpc) is 2.58. The molecule has 1 heterocycles. The third-order valence-electron chi connectivity index (χ3n) is 5.79. The van der Waals surface area contributed by atoms with Crippen LogP contribution < -0.4 is 0 Å². The maximum absolute atomic E-state index is 10.9. The van der Waals surface area contributed by atoms with Gasteiger partial charge in [0, 0.05) is 5.92 Å². The van der Waals surface area contributed by atoms with E-state index in [9.17, 15) is 15.5 Å². The Hall–Kier alpha value is -0.890. The molecule has 20 heavy (non-hydrogen) atoms. The van der Waals surface area contributed by atoms with E-state index in [1.54, 1.807) is 0 Å². The largest absolute Gasteiger partial charge is 0.393 e. The van der Waals surface area contributed by atoms with Crippen molar-refractivity contribution in [3.05, 3.63) is 12.2 Å². The van der Waals surface area contributed by atoms with Crippen LogP contribution in [-0.4, -0.2) is 34.1 Å². The van der Waals surface area contributed by atoms with Gasteiger partial charge < -0.3 is 14.9 Å². The van der Waals surface area contributed by atoms with Crippen LogP contribution in [0.4, 0.5) is 0 Å². The Balaban J connectivity index is 2.19. The molecule has 2 bridgehead atoms. The Kier molecular flexibility index (Phi) is 2.86. The van der Waals surface area contributed by atoms with Gasteiger partial charge in [0.1, 0.15) is 5.60 Å². The quantitative estimate of drug-likeness (QED) is 0.714. The molecule has 110 valence electrons. The minimum atomic E-state index is -0.955. The summed E-state index contributed by atoms with van der Waals surface area (Å²) in [5.74, 6) is 0.323. The molecule has 4 nitrogen and oxygen atoms in total. The molecule has 0 unspecified atom stereocenters. The molecule has 1 aliphatic heterocycles. The van der Waals surface area contributed by atoms with E-state index in [1.165, 1.54) is 0 Å². The number of aliphatic hydroxyl groups is 2. The molecule has 0 aromatic heterocycles. The fourth-order valence-electron chi connectivity index (χ4n) is 5.02. The predicted molar refractivity (Wildman–Crippen MR) is 73.6 cm³/mol. The Morgan fingerprint density at radius 2 is 2.10 bits per heavy atom. The van der Waals surface area contributed by atoms with Gasteiger partial charge in [-0.25, -0.2) is 0 Å². The normalized spacial score (nSPS) is 57.2. The van der Waals surface area contributed by atoms with Gasteiger partial charge in [-0.2, -0.15) is 5.26 Å². The zero-order valence-electron chi connectivity index (χ0n) is 12.3. The highest BCUT2D eigenvalue weighted by molar-refractivity contribution is 5.34. The molecule has 4 heteroatoms. The highest BCUT2D eigenvalue weighted by Gasteiger charge is 2.72. The van der Waals surface area contributed by atoms with Gasteiger partial charge in [-0.1, -0.05) is 26.0 Å². The van der Waals surface area contributed by atoms with Gasteiger partial charge in [0.05, 0.1) is 29.8 Å². The van der Waals surface area contributed by atoms with E-state index < -0.39 is 22.7 Å². The van der Waals surface area contributed by atoms with Crippen LogP contribution in [0.15, 0.2) is 12.2 Å². The van der Waals surface area contributed by atoms with Crippen molar-refractivity contribution >= 4 is 0 Å². The molecule has 0 aromatic rings. The summed E-state index contributed by atoms with van der Waals surface area (Å²) in [6.45, 7) is 5.87. The maximum atomic E-state index is 10.9. The molecule has 7 atom stereocenters. The Labute approximate surface area is 120 Å². The van der Waals surface area contributed by atoms with Gasteiger partial charge >= 0.3 is 0 Å². The zero-order chi connectivity index (χ0) is 14.8. The van der Waals surface area contributed by atoms with Crippen LogP contribution in [0.2, 0.25) is 0 Å². The summed E-state index contributed by atoms with van der Waals surface area (Å²) in [6, 6.07) is 2.47. The monoisotopic (exact) mass is 277 g/mol. The number of nitriles is 1. The molecule has 2 N–H and O–H groups in total. The molecular weight excluding hydrogens is 254 g/mol. The van der Waals surface area contributed by atoms with E-state index in [-0.39, 0.29) is 18.4 Å². The molecule has 2 fully saturated rings. The first-order chi connectivity index (χ1) is 9.34. The first kappa shape index (κ1) is 14.1. The molecule has 1 saturated heterocycles. The van der Waals surface area contributed by atoms with Crippen molar-refractivity contribution in [1.82, 2.24) is 0 Å². The lowest BCUT2D eigenvalue weighted by atomic mass is 9.52. The van der Waals surface area contributed by atoms with Gasteiger partial charge in [-0.05, 0) is 31.6 Å². The second-order valence-corrected chi connectivity index (χ2v) is 7.25. The van der Waals surface area contributed by atoms with Gasteiger partial charge in [-0.3, -0.25) is 0 Å². The molecular formula is C16H23NO3. The van der Waals surface area contributed by atoms with Gasteiger partial charge in [0.25, 0.3) is 0 Å². The van der Waals surface area contributed by atoms with E-state index in [4.69, 9.17) is 4.74 Å². The highest BCUT2D eigenvalue weighted by Crippen LogP contribution is 2.64. The summed E-state index contributed by atoms with van der Waals surface area (Å²) < 4.78 is 6.23. The average molecular weight is 277 g/mol. The number of allylic oxidation sites excluding steroid dienone is 1. The van der Waals surface area contributed by atoms with E-state index in [1.807, 2.05) is 19.1 Å². The van der Waals surface area contributed by atoms with E-state index in [0.29, 0.717) is 12.3 Å². The number of rotatable bonds is 1. The predicted octanol–water partition coefficient (Wildman–Crippen LogP) is 1.63. The molecule has 2 aliphatic carbocycles. The number of fused-ring (bicyclic) bond motifs is 1. The molecule has 3 aliphatic rings. The highest BCUT2D eigenvalue weighted by atomic mass is 16.6. The first-order valence-corrected chi connectivity index (χ1v) is 7.44. The maximum Gasteiger partial charge on any atom is 0.132 e. The number of hydrogen-bond donors (Lipinski definition) is 2. The van der Waals surface area contributed by atoms with E-state index in [0.717, 1.165) is 6.42 Å². The topological polar surface area (TPSA) is 73.5 Å². The number of ether oxygens (including phenoxy) is 1. The molecule has 0 aromatic carbocycles. The second kappa shape index (κ2) is 4.07. The number of aliphatic hydroxyl groups excluding tert-OH is 2. The fraction of sp³-hybridized carbons (Fsp3) is 0.812. The number of nitrogens with zero attached hydrogens (tertiary/aromatic N) is 1. The summed E-state index contributed by atoms with van der Waals surface area (Å²) in [6.07, 6.45) is 4.63. The van der Waals surface area contributed by atoms with E-state index >= 15 is 0 Å². The van der Waals surface area contributed by atoms with Crippen molar-refractivity contribution < 1.29 is 14.9 Å². The smallest absolute Gasteiger partial charge is 0.132 e. The Bertz CT molecular complexity index is 498. The second-order valence-electron chi connectivity index (χ2n) is 7.25. The molecule has 0 amide bonds. The molecule has 1 saturated carbocycles. The van der Waals surface area contributed by atoms with Crippen LogP contribution in [0.3, 0.4) is 0 Å². The van der Waals surface area contributed by atoms with Crippen LogP contribution in [0.5, 0.6) is 0 Å². The van der Waals surface area contributed by atoms with Crippen molar-refractivity contribution in [3.8, 4) is 6.07 Å². The third kappa shape index (κ3) is 1.41. The lowest BCUT2D eigenvalue weighted by Gasteiger charge is -2.51. The van der Waals surface area contributed by atoms with Crippen molar-refractivity contribution in [2.75, 3.05) is 6.61 Å². The van der Waals surface area contributed by atoms with Crippen molar-refractivity contribution in [1.29, 1.82) is 5.26 Å². The fourth-order valence-corrected chi connectivity index (χ4v) is 5.02. The van der Waals surface area contributed by atoms with Crippen LogP contribution in [0, 0.1) is 34.5 Å². The van der Waals surface area contributed by atoms with Crippen molar-refractivity contribution in [3.63, 3.8) is 0 Å². The van der Waals surface area contributed by atoms with Crippen LogP contribution in [0.1, 0.15) is 33.6 Å². The molecule has 1 spiro atoms. The van der Waals surface area contributed by atoms with Crippen LogP contribution >= 0.6 is 0 Å². The summed E-state index contributed by atoms with van der Waals surface area (Å²) in [5.41, 5.74) is -2.42. The zero-order valence-corrected chi connectivity index (χ0v) is 12.3. The van der Waals surface area contributed by atoms with Crippen molar-refractivity contribution in [2.24, 2.45) is 23.2 Å². The molecule has 3 rings (SSSR count). The lowest BCUT2D eigenvalue weighted by molar-refractivity contribution is -0.159. The standard InChI is InChI=1S/C16H23NO3/c1-10-4-5-16-13(19)12(14(3,9-18)20-16)11(2)7-15(16,6-10)8-17/h4-5,10-13,18-19H,6-7,9H2,1-3H3/t10-,11-,12+,13+,14+,15-,16+/m0/s1. The van der Waals surface area contributed by atoms with E-state index in [2.05, 4.69) is 19.9 Å². The third-order valence-corrected chi connectivity index (χ3v) is 5.79. The summed E-state index contributed by atoms with van der Waals surface area (Å²) >= 11 is 0. The SMILES string of the molecule is C[C@H]1C=C[C@@]23O[C@](C)(CO)[C@@H]([C@H]2O)[C@@H](C)C[C@]3(C#N)C1. The summed E-state index contributed by atoms with van der Waals surface area (Å²) in [7, 11) is 0. The molecule has 0 radical (unpaired) electrons. The first-order valence-electron chi connectivity index (χ1n) is 7.44. The van der Waals surface area contributed by atoms with Crippen LogP contribution in [-0.2, 0) is 4.74 Å². The van der Waals surface area contributed by atoms with Gasteiger partial charge in [0.2, 0.25) is 0 Å². The summed E-state index contributed by atoms with van der Waals surface area (Å²) in [4.78, 5) is 0. The minimum absolute atomic E-state index is 0.132. The van der Waals surface area contributed by atoms with Crippen LogP contribution in [0.25, 0.3) is 0 Å². The minimum Gasteiger partial charge on any atom is -0.393 e.